The van der Waals surface area contributed by atoms with Gasteiger partial charge in [-0.05, 0) is 36.4 Å². The molecule has 7 heteroatoms. The Bertz CT molecular complexity index is 2780. The molecule has 5 nitrogen and oxygen atoms in total. The molecule has 4 heterocycles. The maximum Gasteiger partial charge on any atom is 0.164 e. The lowest BCUT2D eigenvalue weighted by molar-refractivity contribution is 0.669. The molecule has 10 aromatic rings. The van der Waals surface area contributed by atoms with Crippen molar-refractivity contribution in [2.45, 2.75) is 0 Å². The predicted molar refractivity (Wildman–Crippen MR) is 195 cm³/mol. The van der Waals surface area contributed by atoms with Crippen LogP contribution in [0, 0.1) is 0 Å². The number of thiophene rings is 1. The molecular weight excluding hydrogens is 617 g/mol. The molecule has 0 aliphatic carbocycles. The zero-order valence-electron chi connectivity index (χ0n) is 24.7. The van der Waals surface area contributed by atoms with Crippen molar-refractivity contribution >= 4 is 75.0 Å². The van der Waals surface area contributed by atoms with Crippen LogP contribution in [0.2, 0.25) is 0 Å². The van der Waals surface area contributed by atoms with Gasteiger partial charge in [-0.1, -0.05) is 97.1 Å². The molecule has 4 aromatic heterocycles. The minimum absolute atomic E-state index is 0.595. The number of para-hydroxylation sites is 1. The molecular formula is C40H22N4OS2. The summed E-state index contributed by atoms with van der Waals surface area (Å²) in [5.74, 6) is 1.85. The largest absolute Gasteiger partial charge is 0.456 e. The second-order valence-corrected chi connectivity index (χ2v) is 13.5. The first-order valence-electron chi connectivity index (χ1n) is 15.3. The maximum atomic E-state index is 6.46. The summed E-state index contributed by atoms with van der Waals surface area (Å²) in [6.07, 6.45) is 0. The highest BCUT2D eigenvalue weighted by Crippen LogP contribution is 2.43. The highest BCUT2D eigenvalue weighted by Gasteiger charge is 2.21. The number of thiazole rings is 1. The van der Waals surface area contributed by atoms with Gasteiger partial charge in [-0.25, -0.2) is 19.9 Å². The van der Waals surface area contributed by atoms with Crippen molar-refractivity contribution in [1.82, 2.24) is 19.9 Å². The van der Waals surface area contributed by atoms with Crippen molar-refractivity contribution in [3.63, 3.8) is 0 Å². The second-order valence-electron chi connectivity index (χ2n) is 11.4. The third-order valence-corrected chi connectivity index (χ3v) is 10.8. The lowest BCUT2D eigenvalue weighted by Crippen LogP contribution is -2.00. The minimum atomic E-state index is 0.595. The third-order valence-electron chi connectivity index (χ3n) is 8.59. The fourth-order valence-electron chi connectivity index (χ4n) is 6.43. The molecule has 47 heavy (non-hydrogen) atoms. The number of benzene rings is 6. The molecule has 0 fully saturated rings. The Balaban J connectivity index is 1.23. The van der Waals surface area contributed by atoms with Gasteiger partial charge in [-0.3, -0.25) is 0 Å². The lowest BCUT2D eigenvalue weighted by atomic mass is 10.0. The van der Waals surface area contributed by atoms with Crippen LogP contribution in [0.3, 0.4) is 0 Å². The van der Waals surface area contributed by atoms with E-state index in [2.05, 4.69) is 72.8 Å². The molecule has 0 aliphatic rings. The molecule has 0 spiro atoms. The van der Waals surface area contributed by atoms with E-state index in [4.69, 9.17) is 24.4 Å². The van der Waals surface area contributed by atoms with E-state index in [1.54, 1.807) is 22.7 Å². The van der Waals surface area contributed by atoms with E-state index in [1.165, 1.54) is 20.2 Å². The first-order valence-corrected chi connectivity index (χ1v) is 16.9. The SMILES string of the molecule is c1ccc(-c2nc(-c3ccc4c(c3)sc3ccccc34)nc(-c3cccc4oc5cccc(-c6nc7ccccc7s6)c5c34)n2)cc1. The monoisotopic (exact) mass is 638 g/mol. The van der Waals surface area contributed by atoms with E-state index in [1.807, 2.05) is 60.7 Å². The van der Waals surface area contributed by atoms with Gasteiger partial charge in [0.15, 0.2) is 17.5 Å². The zero-order valence-corrected chi connectivity index (χ0v) is 26.3. The quantitative estimate of drug-likeness (QED) is 0.192. The summed E-state index contributed by atoms with van der Waals surface area (Å²) in [6.45, 7) is 0. The van der Waals surface area contributed by atoms with E-state index in [0.29, 0.717) is 17.5 Å². The maximum absolute atomic E-state index is 6.46. The molecule has 6 aromatic carbocycles. The van der Waals surface area contributed by atoms with Crippen LogP contribution in [0.25, 0.3) is 97.1 Å². The summed E-state index contributed by atoms with van der Waals surface area (Å²) >= 11 is 3.48. The highest BCUT2D eigenvalue weighted by molar-refractivity contribution is 7.25. The Morgan fingerprint density at radius 3 is 1.91 bits per heavy atom. The fourth-order valence-corrected chi connectivity index (χ4v) is 8.57. The molecule has 10 rings (SSSR count). The van der Waals surface area contributed by atoms with Crippen LogP contribution in [0.15, 0.2) is 138 Å². The molecule has 220 valence electrons. The van der Waals surface area contributed by atoms with Crippen LogP contribution in [0.5, 0.6) is 0 Å². The van der Waals surface area contributed by atoms with E-state index < -0.39 is 0 Å². The lowest BCUT2D eigenvalue weighted by Gasteiger charge is -2.10. The van der Waals surface area contributed by atoms with Crippen molar-refractivity contribution in [3.8, 4) is 44.7 Å². The Morgan fingerprint density at radius 2 is 1.09 bits per heavy atom. The van der Waals surface area contributed by atoms with Gasteiger partial charge in [0.05, 0.1) is 10.2 Å². The van der Waals surface area contributed by atoms with Crippen LogP contribution in [-0.4, -0.2) is 19.9 Å². The Labute approximate surface area is 276 Å². The molecule has 0 aliphatic heterocycles. The van der Waals surface area contributed by atoms with Crippen LogP contribution in [0.1, 0.15) is 0 Å². The predicted octanol–water partition coefficient (Wildman–Crippen LogP) is 11.4. The molecule has 0 atom stereocenters. The molecule has 0 saturated heterocycles. The normalized spacial score (nSPS) is 11.8. The minimum Gasteiger partial charge on any atom is -0.456 e. The summed E-state index contributed by atoms with van der Waals surface area (Å²) < 4.78 is 10.1. The van der Waals surface area contributed by atoms with E-state index in [-0.39, 0.29) is 0 Å². The standard InChI is InChI=1S/C40H22N4OS2/c1-2-10-23(11-3-1)37-42-38(24-20-21-26-25-12-4-6-18-32(25)46-34(26)22-24)44-39(43-37)27-13-8-16-30-35(27)36-28(14-9-17-31(36)45-30)40-41-29-15-5-7-19-33(29)47-40/h1-22H. The van der Waals surface area contributed by atoms with Gasteiger partial charge in [-0.15, -0.1) is 22.7 Å². The fraction of sp³-hybridized carbons (Fsp3) is 0. The average Bonchev–Trinajstić information content (AvgIpc) is 3.84. The van der Waals surface area contributed by atoms with Crippen LogP contribution in [0.4, 0.5) is 0 Å². The number of fused-ring (bicyclic) bond motifs is 7. The van der Waals surface area contributed by atoms with Gasteiger partial charge in [-0.2, -0.15) is 0 Å². The smallest absolute Gasteiger partial charge is 0.164 e. The van der Waals surface area contributed by atoms with E-state index >= 15 is 0 Å². The summed E-state index contributed by atoms with van der Waals surface area (Å²) in [7, 11) is 0. The molecule has 0 unspecified atom stereocenters. The van der Waals surface area contributed by atoms with Crippen molar-refractivity contribution < 1.29 is 4.42 Å². The van der Waals surface area contributed by atoms with E-state index in [9.17, 15) is 0 Å². The van der Waals surface area contributed by atoms with Gasteiger partial charge in [0.2, 0.25) is 0 Å². The average molecular weight is 639 g/mol. The van der Waals surface area contributed by atoms with Gasteiger partial charge in [0, 0.05) is 53.2 Å². The summed E-state index contributed by atoms with van der Waals surface area (Å²) in [4.78, 5) is 20.3. The van der Waals surface area contributed by atoms with Gasteiger partial charge in [0.1, 0.15) is 16.2 Å². The second kappa shape index (κ2) is 10.4. The summed E-state index contributed by atoms with van der Waals surface area (Å²) in [5.41, 5.74) is 6.37. The first kappa shape index (κ1) is 26.5. The Hall–Kier alpha value is -5.76. The summed E-state index contributed by atoms with van der Waals surface area (Å²) in [5, 5.41) is 5.43. The topological polar surface area (TPSA) is 64.7 Å². The Kier molecular flexibility index (Phi) is 5.85. The number of rotatable bonds is 4. The Morgan fingerprint density at radius 1 is 0.426 bits per heavy atom. The molecule has 0 saturated carbocycles. The van der Waals surface area contributed by atoms with Crippen molar-refractivity contribution in [2.75, 3.05) is 0 Å². The van der Waals surface area contributed by atoms with Gasteiger partial charge < -0.3 is 4.42 Å². The molecule has 0 amide bonds. The number of furan rings is 1. The van der Waals surface area contributed by atoms with Gasteiger partial charge >= 0.3 is 0 Å². The first-order chi connectivity index (χ1) is 23.3. The zero-order chi connectivity index (χ0) is 30.9. The molecule has 0 bridgehead atoms. The van der Waals surface area contributed by atoms with E-state index in [0.717, 1.165) is 59.4 Å². The highest BCUT2D eigenvalue weighted by atomic mass is 32.1. The number of nitrogens with zero attached hydrogens (tertiary/aromatic N) is 4. The van der Waals surface area contributed by atoms with Crippen LogP contribution < -0.4 is 0 Å². The van der Waals surface area contributed by atoms with Crippen LogP contribution >= 0.6 is 22.7 Å². The number of hydrogen-bond acceptors (Lipinski definition) is 7. The van der Waals surface area contributed by atoms with Crippen LogP contribution in [-0.2, 0) is 0 Å². The van der Waals surface area contributed by atoms with Crippen molar-refractivity contribution in [3.05, 3.63) is 133 Å². The van der Waals surface area contributed by atoms with Gasteiger partial charge in [0.25, 0.3) is 0 Å². The number of hydrogen-bond donors (Lipinski definition) is 0. The molecule has 0 N–H and O–H groups in total. The summed E-state index contributed by atoms with van der Waals surface area (Å²) in [6, 6.07) is 45.7. The molecule has 0 radical (unpaired) electrons. The third kappa shape index (κ3) is 4.28. The van der Waals surface area contributed by atoms with Crippen molar-refractivity contribution in [2.24, 2.45) is 0 Å². The number of aromatic nitrogens is 4. The van der Waals surface area contributed by atoms with Crippen molar-refractivity contribution in [1.29, 1.82) is 0 Å².